The summed E-state index contributed by atoms with van der Waals surface area (Å²) < 4.78 is 20.5. The molecule has 0 bridgehead atoms. The van der Waals surface area contributed by atoms with Gasteiger partial charge in [0.2, 0.25) is 0 Å². The first-order chi connectivity index (χ1) is 15.5. The molecule has 2 fully saturated rings. The van der Waals surface area contributed by atoms with Gasteiger partial charge in [0.05, 0.1) is 18.3 Å². The molecule has 0 aromatic heterocycles. The molecule has 2 heterocycles. The van der Waals surface area contributed by atoms with Gasteiger partial charge in [-0.1, -0.05) is 94.4 Å². The number of hydrogen-bond donors (Lipinski definition) is 0. The van der Waals surface area contributed by atoms with Crippen LogP contribution in [0.3, 0.4) is 0 Å². The lowest BCUT2D eigenvalue weighted by Gasteiger charge is -2.43. The highest BCUT2D eigenvalue weighted by atomic mass is 28.4. The molecular formula is C29H40O3Si. The van der Waals surface area contributed by atoms with Crippen LogP contribution in [0.15, 0.2) is 73.3 Å². The van der Waals surface area contributed by atoms with Crippen molar-refractivity contribution in [1.29, 1.82) is 0 Å². The van der Waals surface area contributed by atoms with Gasteiger partial charge in [-0.3, -0.25) is 0 Å². The second-order valence-electron chi connectivity index (χ2n) is 11.4. The first kappa shape index (κ1) is 24.4. The first-order valence-corrected chi connectivity index (χ1v) is 14.2. The Balaban J connectivity index is 1.70. The fraction of sp³-hybridized carbons (Fsp3) is 0.517. The molecule has 2 aromatic rings. The number of benzene rings is 2. The molecule has 4 atom stereocenters. The van der Waals surface area contributed by atoms with Crippen molar-refractivity contribution in [2.75, 3.05) is 6.61 Å². The molecule has 2 unspecified atom stereocenters. The van der Waals surface area contributed by atoms with E-state index in [1.165, 1.54) is 10.4 Å². The van der Waals surface area contributed by atoms with Gasteiger partial charge in [-0.2, -0.15) is 0 Å². The number of hydrogen-bond acceptors (Lipinski definition) is 3. The van der Waals surface area contributed by atoms with Crippen LogP contribution in [0.5, 0.6) is 0 Å². The van der Waals surface area contributed by atoms with Crippen LogP contribution in [-0.4, -0.2) is 32.4 Å². The third-order valence-electron chi connectivity index (χ3n) is 7.73. The fourth-order valence-corrected chi connectivity index (χ4v) is 10.5. The Morgan fingerprint density at radius 1 is 1.00 bits per heavy atom. The Morgan fingerprint density at radius 2 is 1.55 bits per heavy atom. The second kappa shape index (κ2) is 8.81. The molecule has 1 spiro atoms. The first-order valence-electron chi connectivity index (χ1n) is 12.3. The molecule has 178 valence electrons. The van der Waals surface area contributed by atoms with Crippen LogP contribution in [0.1, 0.15) is 54.4 Å². The van der Waals surface area contributed by atoms with Crippen LogP contribution in [0.2, 0.25) is 5.04 Å². The molecule has 2 aromatic carbocycles. The highest BCUT2D eigenvalue weighted by Crippen LogP contribution is 2.52. The van der Waals surface area contributed by atoms with Gasteiger partial charge in [-0.05, 0) is 35.7 Å². The second-order valence-corrected chi connectivity index (χ2v) is 15.7. The summed E-state index contributed by atoms with van der Waals surface area (Å²) in [6.07, 6.45) is 3.89. The zero-order valence-corrected chi connectivity index (χ0v) is 22.1. The van der Waals surface area contributed by atoms with Gasteiger partial charge >= 0.3 is 0 Å². The topological polar surface area (TPSA) is 27.7 Å². The molecule has 2 saturated heterocycles. The Morgan fingerprint density at radius 3 is 1.97 bits per heavy atom. The third-order valence-corrected chi connectivity index (χ3v) is 12.7. The van der Waals surface area contributed by atoms with E-state index >= 15 is 0 Å². The summed E-state index contributed by atoms with van der Waals surface area (Å²) in [7, 11) is -2.62. The van der Waals surface area contributed by atoms with E-state index in [-0.39, 0.29) is 28.6 Å². The summed E-state index contributed by atoms with van der Waals surface area (Å²) >= 11 is 0. The lowest BCUT2D eigenvalue weighted by Crippen LogP contribution is -2.67. The normalized spacial score (nSPS) is 29.5. The van der Waals surface area contributed by atoms with Gasteiger partial charge < -0.3 is 13.9 Å². The Bertz CT molecular complexity index is 910. The van der Waals surface area contributed by atoms with E-state index in [0.717, 1.165) is 12.8 Å². The van der Waals surface area contributed by atoms with E-state index in [1.807, 2.05) is 6.08 Å². The van der Waals surface area contributed by atoms with Crippen molar-refractivity contribution in [2.24, 2.45) is 11.8 Å². The average molecular weight is 465 g/mol. The van der Waals surface area contributed by atoms with E-state index in [2.05, 4.69) is 109 Å². The average Bonchev–Trinajstić information content (AvgIpc) is 3.23. The minimum Gasteiger partial charge on any atom is -0.405 e. The van der Waals surface area contributed by atoms with Crippen LogP contribution >= 0.6 is 0 Å². The maximum Gasteiger partial charge on any atom is 0.261 e. The summed E-state index contributed by atoms with van der Waals surface area (Å²) in [4.78, 5) is 0. The van der Waals surface area contributed by atoms with Crippen molar-refractivity contribution >= 4 is 18.7 Å². The standard InChI is InChI=1S/C29H40O3Si/c1-8-25-22(2)29(20-19-28(6,7)32-29)31-26(25)21-30-33(27(3,4)5,23-15-11-9-12-16-23)24-17-13-10-14-18-24/h8-18,22,25-26H,1,19-21H2,2-7H3/t22?,25-,26-,29?/m0/s1. The lowest BCUT2D eigenvalue weighted by molar-refractivity contribution is -0.252. The molecule has 2 aliphatic rings. The monoisotopic (exact) mass is 464 g/mol. The summed E-state index contributed by atoms with van der Waals surface area (Å²) in [6.45, 7) is 18.2. The van der Waals surface area contributed by atoms with Crippen molar-refractivity contribution < 1.29 is 13.9 Å². The molecule has 0 radical (unpaired) electrons. The summed E-state index contributed by atoms with van der Waals surface area (Å²) in [6, 6.07) is 21.6. The molecule has 0 N–H and O–H groups in total. The summed E-state index contributed by atoms with van der Waals surface area (Å²) in [5.74, 6) is -0.108. The van der Waals surface area contributed by atoms with Crippen LogP contribution < -0.4 is 10.4 Å². The molecule has 33 heavy (non-hydrogen) atoms. The largest absolute Gasteiger partial charge is 0.405 e. The van der Waals surface area contributed by atoms with Crippen molar-refractivity contribution in [3.63, 3.8) is 0 Å². The molecular weight excluding hydrogens is 424 g/mol. The fourth-order valence-electron chi connectivity index (χ4n) is 5.98. The van der Waals surface area contributed by atoms with Crippen molar-refractivity contribution in [1.82, 2.24) is 0 Å². The van der Waals surface area contributed by atoms with Gasteiger partial charge in [-0.25, -0.2) is 0 Å². The minimum absolute atomic E-state index is 0.0624. The Hall–Kier alpha value is -1.72. The number of rotatable bonds is 6. The maximum absolute atomic E-state index is 7.20. The molecule has 3 nitrogen and oxygen atoms in total. The van der Waals surface area contributed by atoms with E-state index in [9.17, 15) is 0 Å². The lowest BCUT2D eigenvalue weighted by atomic mass is 9.85. The van der Waals surface area contributed by atoms with E-state index in [0.29, 0.717) is 6.61 Å². The van der Waals surface area contributed by atoms with Crippen molar-refractivity contribution in [2.45, 2.75) is 76.9 Å². The van der Waals surface area contributed by atoms with Crippen LogP contribution in [0.25, 0.3) is 0 Å². The smallest absolute Gasteiger partial charge is 0.261 e. The summed E-state index contributed by atoms with van der Waals surface area (Å²) in [5, 5.41) is 2.52. The van der Waals surface area contributed by atoms with Crippen LogP contribution in [0.4, 0.5) is 0 Å². The minimum atomic E-state index is -2.62. The molecule has 0 saturated carbocycles. The van der Waals surface area contributed by atoms with Crippen molar-refractivity contribution in [3.8, 4) is 0 Å². The Kier molecular flexibility index (Phi) is 6.51. The molecule has 4 heteroatoms. The third kappa shape index (κ3) is 4.27. The quantitative estimate of drug-likeness (QED) is 0.406. The maximum atomic E-state index is 7.20. The predicted molar refractivity (Wildman–Crippen MR) is 138 cm³/mol. The molecule has 4 rings (SSSR count). The number of ether oxygens (including phenoxy) is 2. The zero-order valence-electron chi connectivity index (χ0n) is 21.1. The highest BCUT2D eigenvalue weighted by Gasteiger charge is 2.59. The van der Waals surface area contributed by atoms with E-state index in [4.69, 9.17) is 13.9 Å². The molecule has 0 amide bonds. The molecule has 0 aliphatic carbocycles. The predicted octanol–water partition coefficient (Wildman–Crippen LogP) is 5.69. The highest BCUT2D eigenvalue weighted by molar-refractivity contribution is 6.99. The van der Waals surface area contributed by atoms with Gasteiger partial charge in [0.1, 0.15) is 0 Å². The van der Waals surface area contributed by atoms with Crippen LogP contribution in [-0.2, 0) is 13.9 Å². The van der Waals surface area contributed by atoms with E-state index in [1.54, 1.807) is 0 Å². The SMILES string of the molecule is C=C[C@H]1C(C)C2(CCC(C)(C)O2)O[C@H]1CO[Si](c1ccccc1)(c1ccccc1)C(C)(C)C. The van der Waals surface area contributed by atoms with Gasteiger partial charge in [0.15, 0.2) is 5.79 Å². The van der Waals surface area contributed by atoms with E-state index < -0.39 is 14.1 Å². The van der Waals surface area contributed by atoms with Crippen molar-refractivity contribution in [3.05, 3.63) is 73.3 Å². The molecule has 2 aliphatic heterocycles. The van der Waals surface area contributed by atoms with Gasteiger partial charge in [0.25, 0.3) is 8.32 Å². The Labute approximate surface area is 201 Å². The zero-order chi connectivity index (χ0) is 23.9. The van der Waals surface area contributed by atoms with Gasteiger partial charge in [0, 0.05) is 18.3 Å². The van der Waals surface area contributed by atoms with Gasteiger partial charge in [-0.15, -0.1) is 6.58 Å². The summed E-state index contributed by atoms with van der Waals surface area (Å²) in [5.41, 5.74) is -0.159. The van der Waals surface area contributed by atoms with Crippen LogP contribution in [0, 0.1) is 11.8 Å².